The lowest BCUT2D eigenvalue weighted by Crippen LogP contribution is -2.36. The van der Waals surface area contributed by atoms with Crippen LogP contribution >= 0.6 is 15.9 Å². The van der Waals surface area contributed by atoms with Crippen LogP contribution in [0.3, 0.4) is 0 Å². The number of amides is 3. The molecule has 172 valence electrons. The summed E-state index contributed by atoms with van der Waals surface area (Å²) in [6.07, 6.45) is 0. The number of hydrogen-bond donors (Lipinski definition) is 3. The number of aromatic nitrogens is 1. The zero-order valence-electron chi connectivity index (χ0n) is 18.9. The molecule has 1 heterocycles. The number of aryl methyl sites for hydroxylation is 3. The van der Waals surface area contributed by atoms with Crippen LogP contribution in [0.15, 0.2) is 71.2 Å². The zero-order valence-corrected chi connectivity index (χ0v) is 20.5. The minimum Gasteiger partial charge on any atom is -0.321 e. The van der Waals surface area contributed by atoms with Gasteiger partial charge < -0.3 is 10.6 Å². The number of rotatable bonds is 4. The number of benzene rings is 3. The predicted molar refractivity (Wildman–Crippen MR) is 138 cm³/mol. The second-order valence-corrected chi connectivity index (χ2v) is 9.02. The highest BCUT2D eigenvalue weighted by Gasteiger charge is 2.21. The van der Waals surface area contributed by atoms with Gasteiger partial charge in [0.25, 0.3) is 5.91 Å². The number of halogens is 1. The standard InChI is InChI=1S/C26H23BrN4O3/c1-15-5-4-6-20(12-15)28-24(32)23-14-18-13-19(27)8-10-22(18)31(23)30-26(34)25(33)29-21-9-7-16(2)11-17(21)3/h4-14H,1-3H3,(H,28,32)(H,29,33)(H,30,34). The molecule has 3 N–H and O–H groups in total. The number of hydrogen-bond acceptors (Lipinski definition) is 3. The van der Waals surface area contributed by atoms with E-state index < -0.39 is 17.7 Å². The Kier molecular flexibility index (Phi) is 6.51. The van der Waals surface area contributed by atoms with Crippen LogP contribution in [-0.2, 0) is 9.59 Å². The van der Waals surface area contributed by atoms with E-state index >= 15 is 0 Å². The number of fused-ring (bicyclic) bond motifs is 1. The summed E-state index contributed by atoms with van der Waals surface area (Å²) in [5.74, 6) is -2.16. The topological polar surface area (TPSA) is 92.2 Å². The molecule has 0 fully saturated rings. The van der Waals surface area contributed by atoms with Gasteiger partial charge in [0, 0.05) is 21.2 Å². The lowest BCUT2D eigenvalue weighted by molar-refractivity contribution is -0.133. The Hall–Kier alpha value is -3.91. The average Bonchev–Trinajstić information content (AvgIpc) is 3.13. The van der Waals surface area contributed by atoms with Gasteiger partial charge in [-0.25, -0.2) is 4.68 Å². The van der Waals surface area contributed by atoms with E-state index in [2.05, 4.69) is 32.0 Å². The predicted octanol–water partition coefficient (Wildman–Crippen LogP) is 5.29. The van der Waals surface area contributed by atoms with Gasteiger partial charge in [-0.2, -0.15) is 0 Å². The fourth-order valence-corrected chi connectivity index (χ4v) is 4.06. The van der Waals surface area contributed by atoms with Crippen LogP contribution < -0.4 is 16.1 Å². The maximum absolute atomic E-state index is 13.1. The summed E-state index contributed by atoms with van der Waals surface area (Å²) in [5, 5.41) is 6.20. The first-order chi connectivity index (χ1) is 16.2. The minimum atomic E-state index is -0.898. The minimum absolute atomic E-state index is 0.183. The van der Waals surface area contributed by atoms with Gasteiger partial charge in [0.05, 0.1) is 5.52 Å². The summed E-state index contributed by atoms with van der Waals surface area (Å²) in [6.45, 7) is 5.73. The van der Waals surface area contributed by atoms with E-state index in [1.165, 1.54) is 4.68 Å². The molecule has 0 bridgehead atoms. The molecule has 0 radical (unpaired) electrons. The number of carbonyl (C=O) groups is 3. The van der Waals surface area contributed by atoms with E-state index in [4.69, 9.17) is 0 Å². The molecule has 7 nitrogen and oxygen atoms in total. The van der Waals surface area contributed by atoms with E-state index in [-0.39, 0.29) is 5.69 Å². The van der Waals surface area contributed by atoms with Crippen molar-refractivity contribution in [3.05, 3.63) is 93.6 Å². The highest BCUT2D eigenvalue weighted by Crippen LogP contribution is 2.24. The fourth-order valence-electron chi connectivity index (χ4n) is 3.68. The van der Waals surface area contributed by atoms with Crippen LogP contribution in [0.4, 0.5) is 11.4 Å². The average molecular weight is 519 g/mol. The lowest BCUT2D eigenvalue weighted by atomic mass is 10.1. The maximum Gasteiger partial charge on any atom is 0.328 e. The van der Waals surface area contributed by atoms with Gasteiger partial charge in [-0.1, -0.05) is 45.8 Å². The maximum atomic E-state index is 13.1. The molecule has 0 atom stereocenters. The fraction of sp³-hybridized carbons (Fsp3) is 0.115. The van der Waals surface area contributed by atoms with Crippen LogP contribution in [0, 0.1) is 20.8 Å². The Bertz CT molecular complexity index is 1440. The first-order valence-electron chi connectivity index (χ1n) is 10.6. The van der Waals surface area contributed by atoms with Gasteiger partial charge in [0.15, 0.2) is 0 Å². The van der Waals surface area contributed by atoms with Gasteiger partial charge in [-0.15, -0.1) is 0 Å². The van der Waals surface area contributed by atoms with Gasteiger partial charge in [0.1, 0.15) is 5.69 Å². The second kappa shape index (κ2) is 9.52. The Morgan fingerprint density at radius 1 is 0.794 bits per heavy atom. The van der Waals surface area contributed by atoms with Crippen molar-refractivity contribution in [2.45, 2.75) is 20.8 Å². The van der Waals surface area contributed by atoms with Gasteiger partial charge >= 0.3 is 11.8 Å². The van der Waals surface area contributed by atoms with Gasteiger partial charge in [0.2, 0.25) is 0 Å². The summed E-state index contributed by atoms with van der Waals surface area (Å²) in [7, 11) is 0. The molecule has 0 unspecified atom stereocenters. The Morgan fingerprint density at radius 3 is 2.29 bits per heavy atom. The molecular weight excluding hydrogens is 496 g/mol. The van der Waals surface area contributed by atoms with Crippen molar-refractivity contribution < 1.29 is 14.4 Å². The lowest BCUT2D eigenvalue weighted by Gasteiger charge is -2.13. The molecule has 1 aromatic heterocycles. The molecule has 0 aliphatic carbocycles. The van der Waals surface area contributed by atoms with Crippen molar-refractivity contribution in [1.82, 2.24) is 4.68 Å². The summed E-state index contributed by atoms with van der Waals surface area (Å²) < 4.78 is 2.15. The van der Waals surface area contributed by atoms with Crippen LogP contribution in [0.1, 0.15) is 27.2 Å². The van der Waals surface area contributed by atoms with Crippen molar-refractivity contribution >= 4 is 55.9 Å². The molecule has 0 aliphatic heterocycles. The highest BCUT2D eigenvalue weighted by atomic mass is 79.9. The van der Waals surface area contributed by atoms with Gasteiger partial charge in [-0.05, 0) is 74.4 Å². The van der Waals surface area contributed by atoms with Crippen LogP contribution in [0.5, 0.6) is 0 Å². The highest BCUT2D eigenvalue weighted by molar-refractivity contribution is 9.10. The monoisotopic (exact) mass is 518 g/mol. The molecule has 4 aromatic rings. The molecule has 0 saturated heterocycles. The summed E-state index contributed by atoms with van der Waals surface area (Å²) in [6, 6.07) is 20.0. The van der Waals surface area contributed by atoms with E-state index in [0.29, 0.717) is 16.9 Å². The van der Waals surface area contributed by atoms with Crippen molar-refractivity contribution in [2.24, 2.45) is 0 Å². The van der Waals surface area contributed by atoms with Crippen LogP contribution in [0.2, 0.25) is 0 Å². The smallest absolute Gasteiger partial charge is 0.321 e. The van der Waals surface area contributed by atoms with E-state index in [0.717, 1.165) is 26.5 Å². The van der Waals surface area contributed by atoms with E-state index in [1.54, 1.807) is 30.3 Å². The van der Waals surface area contributed by atoms with Crippen LogP contribution in [0.25, 0.3) is 10.9 Å². The molecule has 34 heavy (non-hydrogen) atoms. The SMILES string of the molecule is Cc1cccc(NC(=O)c2cc3cc(Br)ccc3n2NC(=O)C(=O)Nc2ccc(C)cc2C)c1. The Morgan fingerprint density at radius 2 is 1.56 bits per heavy atom. The third kappa shape index (κ3) is 5.02. The molecular formula is C26H23BrN4O3. The molecule has 0 saturated carbocycles. The van der Waals surface area contributed by atoms with Crippen LogP contribution in [-0.4, -0.2) is 22.4 Å². The normalized spacial score (nSPS) is 10.7. The molecule has 4 rings (SSSR count). The van der Waals surface area contributed by atoms with Crippen molar-refractivity contribution in [1.29, 1.82) is 0 Å². The summed E-state index contributed by atoms with van der Waals surface area (Å²) in [4.78, 5) is 38.6. The third-order valence-electron chi connectivity index (χ3n) is 5.32. The van der Waals surface area contributed by atoms with E-state index in [9.17, 15) is 14.4 Å². The summed E-state index contributed by atoms with van der Waals surface area (Å²) in [5.41, 5.74) is 7.39. The molecule has 3 aromatic carbocycles. The number of nitrogens with zero attached hydrogens (tertiary/aromatic N) is 1. The zero-order chi connectivity index (χ0) is 24.4. The molecule has 0 spiro atoms. The quantitative estimate of drug-likeness (QED) is 0.320. The first-order valence-corrected chi connectivity index (χ1v) is 11.4. The molecule has 0 aliphatic rings. The van der Waals surface area contributed by atoms with Gasteiger partial charge in [-0.3, -0.25) is 19.8 Å². The van der Waals surface area contributed by atoms with Crippen molar-refractivity contribution in [3.8, 4) is 0 Å². The Labute approximate surface area is 205 Å². The number of nitrogens with one attached hydrogen (secondary N) is 3. The van der Waals surface area contributed by atoms with Crippen molar-refractivity contribution in [3.63, 3.8) is 0 Å². The first kappa shape index (κ1) is 23.3. The Balaban J connectivity index is 1.63. The largest absolute Gasteiger partial charge is 0.328 e. The number of carbonyl (C=O) groups excluding carboxylic acids is 3. The molecule has 3 amide bonds. The summed E-state index contributed by atoms with van der Waals surface area (Å²) >= 11 is 3.43. The third-order valence-corrected chi connectivity index (χ3v) is 5.82. The van der Waals surface area contributed by atoms with E-state index in [1.807, 2.05) is 57.2 Å². The molecule has 8 heteroatoms. The second-order valence-electron chi connectivity index (χ2n) is 8.11. The van der Waals surface area contributed by atoms with Crippen molar-refractivity contribution in [2.75, 3.05) is 16.1 Å². The number of anilines is 2.